The molecule has 1 aromatic carbocycles. The van der Waals surface area contributed by atoms with Crippen LogP contribution in [-0.4, -0.2) is 39.7 Å². The van der Waals surface area contributed by atoms with Crippen molar-refractivity contribution in [2.75, 3.05) is 25.4 Å². The van der Waals surface area contributed by atoms with Crippen LogP contribution >= 0.6 is 0 Å². The van der Waals surface area contributed by atoms with Crippen molar-refractivity contribution in [2.45, 2.75) is 24.7 Å². The Morgan fingerprint density at radius 2 is 2.09 bits per heavy atom. The fourth-order valence-corrected chi connectivity index (χ4v) is 4.21. The van der Waals surface area contributed by atoms with Crippen LogP contribution in [0.1, 0.15) is 19.8 Å². The molecule has 0 aliphatic carbocycles. The van der Waals surface area contributed by atoms with Gasteiger partial charge in [0.05, 0.1) is 10.6 Å². The highest BCUT2D eigenvalue weighted by Crippen LogP contribution is 2.15. The van der Waals surface area contributed by atoms with Crippen LogP contribution in [-0.2, 0) is 14.6 Å². The summed E-state index contributed by atoms with van der Waals surface area (Å²) in [5.41, 5.74) is 0. The second kappa shape index (κ2) is 7.88. The summed E-state index contributed by atoms with van der Waals surface area (Å²) in [6, 6.07) is 4.66. The van der Waals surface area contributed by atoms with Crippen molar-refractivity contribution in [3.63, 3.8) is 0 Å². The summed E-state index contributed by atoms with van der Waals surface area (Å²) >= 11 is 0. The first-order valence-corrected chi connectivity index (χ1v) is 9.50. The lowest BCUT2D eigenvalue weighted by Crippen LogP contribution is -2.40. The van der Waals surface area contributed by atoms with Crippen molar-refractivity contribution in [1.82, 2.24) is 10.6 Å². The van der Waals surface area contributed by atoms with Crippen LogP contribution in [0.25, 0.3) is 0 Å². The molecule has 0 radical (unpaired) electrons. The van der Waals surface area contributed by atoms with E-state index in [1.807, 2.05) is 0 Å². The predicted molar refractivity (Wildman–Crippen MR) is 86.2 cm³/mol. The minimum Gasteiger partial charge on any atom is -0.356 e. The van der Waals surface area contributed by atoms with E-state index in [-0.39, 0.29) is 16.6 Å². The Balaban J connectivity index is 1.87. The fraction of sp³-hybridized carbons (Fsp3) is 0.562. The van der Waals surface area contributed by atoms with Crippen LogP contribution in [0, 0.1) is 17.7 Å². The van der Waals surface area contributed by atoms with Crippen molar-refractivity contribution in [3.05, 3.63) is 30.1 Å². The van der Waals surface area contributed by atoms with E-state index >= 15 is 0 Å². The number of sulfone groups is 1. The molecule has 1 fully saturated rings. The maximum Gasteiger partial charge on any atom is 0.223 e. The number of carbonyl (C=O) groups excluding carboxylic acids is 1. The van der Waals surface area contributed by atoms with Crippen LogP contribution in [0.2, 0.25) is 0 Å². The van der Waals surface area contributed by atoms with Gasteiger partial charge in [-0.05, 0) is 56.1 Å². The molecule has 1 aromatic rings. The Labute approximate surface area is 136 Å². The number of carbonyl (C=O) groups is 1. The molecule has 2 unspecified atom stereocenters. The molecular formula is C16H23FN2O3S. The van der Waals surface area contributed by atoms with Crippen LogP contribution < -0.4 is 10.6 Å². The van der Waals surface area contributed by atoms with Gasteiger partial charge in [-0.2, -0.15) is 0 Å². The molecule has 1 amide bonds. The lowest BCUT2D eigenvalue weighted by atomic mass is 9.99. The monoisotopic (exact) mass is 342 g/mol. The van der Waals surface area contributed by atoms with E-state index in [2.05, 4.69) is 10.6 Å². The van der Waals surface area contributed by atoms with Gasteiger partial charge >= 0.3 is 0 Å². The number of benzene rings is 1. The van der Waals surface area contributed by atoms with Crippen LogP contribution in [0.15, 0.2) is 29.2 Å². The summed E-state index contributed by atoms with van der Waals surface area (Å²) in [4.78, 5) is 12.1. The number of nitrogens with one attached hydrogen (secondary N) is 2. The first-order valence-electron chi connectivity index (χ1n) is 7.85. The summed E-state index contributed by atoms with van der Waals surface area (Å²) in [5.74, 6) is -1.29. The Hall–Kier alpha value is -1.47. The number of rotatable bonds is 6. The number of hydrogen-bond donors (Lipinski definition) is 2. The molecule has 2 N–H and O–H groups in total. The summed E-state index contributed by atoms with van der Waals surface area (Å²) in [7, 11) is -3.60. The van der Waals surface area contributed by atoms with E-state index in [0.29, 0.717) is 12.5 Å². The Kier molecular flexibility index (Phi) is 6.12. The molecule has 0 spiro atoms. The molecule has 1 aliphatic heterocycles. The Morgan fingerprint density at radius 3 is 2.70 bits per heavy atom. The van der Waals surface area contributed by atoms with Gasteiger partial charge in [-0.3, -0.25) is 4.79 Å². The smallest absolute Gasteiger partial charge is 0.223 e. The highest BCUT2D eigenvalue weighted by Gasteiger charge is 2.24. The Morgan fingerprint density at radius 1 is 1.39 bits per heavy atom. The third kappa shape index (κ3) is 5.28. The molecule has 0 saturated carbocycles. The summed E-state index contributed by atoms with van der Waals surface area (Å²) in [5, 5.41) is 6.11. The maximum atomic E-state index is 12.9. The van der Waals surface area contributed by atoms with E-state index in [9.17, 15) is 17.6 Å². The zero-order valence-corrected chi connectivity index (χ0v) is 14.0. The van der Waals surface area contributed by atoms with E-state index < -0.39 is 21.6 Å². The first kappa shape index (κ1) is 17.9. The van der Waals surface area contributed by atoms with Crippen LogP contribution in [0.4, 0.5) is 4.39 Å². The van der Waals surface area contributed by atoms with Crippen LogP contribution in [0.3, 0.4) is 0 Å². The molecular weight excluding hydrogens is 319 g/mol. The fourth-order valence-electron chi connectivity index (χ4n) is 2.66. The number of amides is 1. The zero-order chi connectivity index (χ0) is 16.9. The van der Waals surface area contributed by atoms with Gasteiger partial charge in [0.25, 0.3) is 0 Å². The van der Waals surface area contributed by atoms with E-state index in [1.165, 1.54) is 12.1 Å². The standard InChI is InChI=1S/C16H23FN2O3S/c1-12(16(20)19-10-13-3-2-8-18-9-13)11-23(21,22)15-6-4-14(17)5-7-15/h4-7,12-13,18H,2-3,8-11H2,1H3,(H,19,20). The molecule has 1 saturated heterocycles. The minimum atomic E-state index is -3.60. The van der Waals surface area contributed by atoms with Gasteiger partial charge in [0.15, 0.2) is 9.84 Å². The van der Waals surface area contributed by atoms with Crippen LogP contribution in [0.5, 0.6) is 0 Å². The van der Waals surface area contributed by atoms with Crippen molar-refractivity contribution in [2.24, 2.45) is 11.8 Å². The Bertz CT molecular complexity index is 625. The lowest BCUT2D eigenvalue weighted by Gasteiger charge is -2.23. The van der Waals surface area contributed by atoms with Gasteiger partial charge in [0, 0.05) is 12.5 Å². The van der Waals surface area contributed by atoms with E-state index in [1.54, 1.807) is 6.92 Å². The van der Waals surface area contributed by atoms with Gasteiger partial charge in [-0.15, -0.1) is 0 Å². The summed E-state index contributed by atoms with van der Waals surface area (Å²) < 4.78 is 37.4. The van der Waals surface area contributed by atoms with E-state index in [0.717, 1.165) is 38.1 Å². The largest absolute Gasteiger partial charge is 0.356 e. The number of hydrogen-bond acceptors (Lipinski definition) is 4. The van der Waals surface area contributed by atoms with E-state index in [4.69, 9.17) is 0 Å². The molecule has 2 atom stereocenters. The van der Waals surface area contributed by atoms with Crippen molar-refractivity contribution < 1.29 is 17.6 Å². The zero-order valence-electron chi connectivity index (χ0n) is 13.2. The SMILES string of the molecule is CC(CS(=O)(=O)c1ccc(F)cc1)C(=O)NCC1CCCNC1. The second-order valence-electron chi connectivity index (χ2n) is 6.09. The van der Waals surface area contributed by atoms with Gasteiger partial charge in [0.1, 0.15) is 5.82 Å². The maximum absolute atomic E-state index is 12.9. The normalized spacial score (nSPS) is 20.0. The highest BCUT2D eigenvalue weighted by molar-refractivity contribution is 7.91. The van der Waals surface area contributed by atoms with Gasteiger partial charge in [-0.25, -0.2) is 12.8 Å². The van der Waals surface area contributed by atoms with Crippen molar-refractivity contribution >= 4 is 15.7 Å². The second-order valence-corrected chi connectivity index (χ2v) is 8.13. The quantitative estimate of drug-likeness (QED) is 0.765. The first-order chi connectivity index (χ1) is 10.9. The number of halogens is 1. The van der Waals surface area contributed by atoms with Gasteiger partial charge in [0.2, 0.25) is 5.91 Å². The van der Waals surface area contributed by atoms with Gasteiger partial charge in [-0.1, -0.05) is 6.92 Å². The average Bonchev–Trinajstić information content (AvgIpc) is 2.53. The predicted octanol–water partition coefficient (Wildman–Crippen LogP) is 1.35. The molecule has 1 heterocycles. The molecule has 5 nitrogen and oxygen atoms in total. The molecule has 0 aromatic heterocycles. The molecule has 128 valence electrons. The van der Waals surface area contributed by atoms with Crippen molar-refractivity contribution in [1.29, 1.82) is 0 Å². The molecule has 7 heteroatoms. The average molecular weight is 342 g/mol. The molecule has 0 bridgehead atoms. The highest BCUT2D eigenvalue weighted by atomic mass is 32.2. The molecule has 23 heavy (non-hydrogen) atoms. The summed E-state index contributed by atoms with van der Waals surface area (Å²) in [6.45, 7) is 4.04. The third-order valence-electron chi connectivity index (χ3n) is 4.05. The third-order valence-corrected chi connectivity index (χ3v) is 5.98. The summed E-state index contributed by atoms with van der Waals surface area (Å²) in [6.07, 6.45) is 2.16. The molecule has 1 aliphatic rings. The number of piperidine rings is 1. The van der Waals surface area contributed by atoms with Gasteiger partial charge < -0.3 is 10.6 Å². The molecule has 2 rings (SSSR count). The van der Waals surface area contributed by atoms with Crippen molar-refractivity contribution in [3.8, 4) is 0 Å². The topological polar surface area (TPSA) is 75.3 Å². The minimum absolute atomic E-state index is 0.0371. The lowest BCUT2D eigenvalue weighted by molar-refractivity contribution is -0.124.